The van der Waals surface area contributed by atoms with Gasteiger partial charge in [0.1, 0.15) is 5.82 Å². The van der Waals surface area contributed by atoms with Crippen molar-refractivity contribution in [2.45, 2.75) is 84.0 Å². The molecular formula is C20H32N4O. The summed E-state index contributed by atoms with van der Waals surface area (Å²) in [5, 5.41) is 7.63. The number of amides is 1. The Morgan fingerprint density at radius 3 is 2.48 bits per heavy atom. The lowest BCUT2D eigenvalue weighted by atomic mass is 9.74. The quantitative estimate of drug-likeness (QED) is 0.906. The molecule has 0 aromatic carbocycles. The Hall–Kier alpha value is -1.39. The maximum Gasteiger partial charge on any atom is 0.228 e. The normalized spacial score (nSPS) is 27.9. The van der Waals surface area contributed by atoms with Crippen molar-refractivity contribution in [1.82, 2.24) is 20.1 Å². The minimum absolute atomic E-state index is 0.138. The molecule has 1 unspecified atom stereocenters. The lowest BCUT2D eigenvalue weighted by Gasteiger charge is -2.36. The number of H-pyrrole nitrogens is 1. The Bertz CT molecular complexity index is 625. The fraction of sp³-hybridized carbons (Fsp3) is 0.850. The second-order valence-electron chi connectivity index (χ2n) is 8.92. The van der Waals surface area contributed by atoms with Crippen LogP contribution in [0.5, 0.6) is 0 Å². The number of aromatic nitrogens is 3. The minimum atomic E-state index is -0.138. The summed E-state index contributed by atoms with van der Waals surface area (Å²) in [6.45, 7) is 6.03. The maximum absolute atomic E-state index is 13.4. The molecule has 2 aliphatic carbocycles. The van der Waals surface area contributed by atoms with Gasteiger partial charge in [-0.2, -0.15) is 5.10 Å². The summed E-state index contributed by atoms with van der Waals surface area (Å²) in [7, 11) is 0. The largest absolute Gasteiger partial charge is 0.341 e. The summed E-state index contributed by atoms with van der Waals surface area (Å²) < 4.78 is 0. The summed E-state index contributed by atoms with van der Waals surface area (Å²) in [5.41, 5.74) is 0.0778. The molecule has 1 atom stereocenters. The van der Waals surface area contributed by atoms with Gasteiger partial charge >= 0.3 is 0 Å². The number of carbonyl (C=O) groups excluding carboxylic acids is 1. The first-order valence-corrected chi connectivity index (χ1v) is 10.3. The predicted octanol–water partition coefficient (Wildman–Crippen LogP) is 3.82. The van der Waals surface area contributed by atoms with E-state index in [1.807, 2.05) is 0 Å². The Labute approximate surface area is 151 Å². The molecule has 5 nitrogen and oxygen atoms in total. The van der Waals surface area contributed by atoms with E-state index in [0.717, 1.165) is 44.0 Å². The van der Waals surface area contributed by atoms with Gasteiger partial charge in [0.25, 0.3) is 0 Å². The number of rotatable bonds is 3. The fourth-order valence-electron chi connectivity index (χ4n) is 5.62. The number of hydrogen-bond donors (Lipinski definition) is 1. The molecule has 2 heterocycles. The highest BCUT2D eigenvalue weighted by Crippen LogP contribution is 2.53. The van der Waals surface area contributed by atoms with Crippen LogP contribution in [0.25, 0.3) is 0 Å². The number of carbonyl (C=O) groups is 1. The second kappa shape index (κ2) is 6.40. The van der Waals surface area contributed by atoms with Crippen LogP contribution in [0.4, 0.5) is 0 Å². The van der Waals surface area contributed by atoms with Gasteiger partial charge in [-0.1, -0.05) is 46.0 Å². The molecule has 25 heavy (non-hydrogen) atoms. The molecule has 1 aromatic rings. The van der Waals surface area contributed by atoms with E-state index < -0.39 is 0 Å². The minimum Gasteiger partial charge on any atom is -0.341 e. The zero-order chi connectivity index (χ0) is 17.5. The monoisotopic (exact) mass is 344 g/mol. The van der Waals surface area contributed by atoms with E-state index in [1.54, 1.807) is 0 Å². The zero-order valence-electron chi connectivity index (χ0n) is 15.8. The highest BCUT2D eigenvalue weighted by Gasteiger charge is 2.53. The van der Waals surface area contributed by atoms with Gasteiger partial charge < -0.3 is 4.90 Å². The van der Waals surface area contributed by atoms with Crippen molar-refractivity contribution in [2.75, 3.05) is 13.1 Å². The standard InChI is InChI=1S/C20H32N4O/c1-3-16-21-17(23-22-16)15-13-24(14-20(15)11-7-8-12-20)18(25)19(2)9-5-4-6-10-19/h15H,3-14H2,1-2H3,(H,21,22,23). The van der Waals surface area contributed by atoms with Gasteiger partial charge in [0, 0.05) is 30.8 Å². The van der Waals surface area contributed by atoms with Crippen LogP contribution >= 0.6 is 0 Å². The van der Waals surface area contributed by atoms with Crippen LogP contribution in [0, 0.1) is 10.8 Å². The van der Waals surface area contributed by atoms with Crippen molar-refractivity contribution in [2.24, 2.45) is 10.8 Å². The van der Waals surface area contributed by atoms with Crippen molar-refractivity contribution in [3.8, 4) is 0 Å². The van der Waals surface area contributed by atoms with Gasteiger partial charge in [-0.15, -0.1) is 0 Å². The summed E-state index contributed by atoms with van der Waals surface area (Å²) >= 11 is 0. The van der Waals surface area contributed by atoms with Crippen LogP contribution in [0.15, 0.2) is 0 Å². The lowest BCUT2D eigenvalue weighted by Crippen LogP contribution is -2.43. The first-order valence-electron chi connectivity index (χ1n) is 10.3. The van der Waals surface area contributed by atoms with Crippen LogP contribution in [-0.2, 0) is 11.2 Å². The molecule has 0 radical (unpaired) electrons. The summed E-state index contributed by atoms with van der Waals surface area (Å²) in [6.07, 6.45) is 11.7. The van der Waals surface area contributed by atoms with Gasteiger partial charge in [-0.05, 0) is 31.1 Å². The highest BCUT2D eigenvalue weighted by molar-refractivity contribution is 5.83. The molecule has 3 fully saturated rings. The van der Waals surface area contributed by atoms with Crippen molar-refractivity contribution in [3.05, 3.63) is 11.6 Å². The van der Waals surface area contributed by atoms with E-state index in [0.29, 0.717) is 11.8 Å². The van der Waals surface area contributed by atoms with Crippen LogP contribution in [0.3, 0.4) is 0 Å². The average Bonchev–Trinajstić information content (AvgIpc) is 3.35. The zero-order valence-corrected chi connectivity index (χ0v) is 15.8. The van der Waals surface area contributed by atoms with Crippen LogP contribution in [0.2, 0.25) is 0 Å². The first kappa shape index (κ1) is 17.0. The molecule has 1 spiro atoms. The Morgan fingerprint density at radius 2 is 1.84 bits per heavy atom. The Morgan fingerprint density at radius 1 is 1.16 bits per heavy atom. The molecule has 1 saturated heterocycles. The van der Waals surface area contributed by atoms with Crippen molar-refractivity contribution < 1.29 is 4.79 Å². The Balaban J connectivity index is 1.58. The van der Waals surface area contributed by atoms with Crippen LogP contribution in [0.1, 0.15) is 89.2 Å². The number of nitrogens with zero attached hydrogens (tertiary/aromatic N) is 3. The molecule has 4 rings (SSSR count). The van der Waals surface area contributed by atoms with Crippen molar-refractivity contribution in [3.63, 3.8) is 0 Å². The van der Waals surface area contributed by atoms with Crippen LogP contribution in [-0.4, -0.2) is 39.1 Å². The molecule has 138 valence electrons. The van der Waals surface area contributed by atoms with Gasteiger partial charge in [0.05, 0.1) is 0 Å². The van der Waals surface area contributed by atoms with E-state index in [-0.39, 0.29) is 10.8 Å². The molecule has 2 saturated carbocycles. The predicted molar refractivity (Wildman–Crippen MR) is 97.2 cm³/mol. The van der Waals surface area contributed by atoms with Gasteiger partial charge in [-0.3, -0.25) is 9.89 Å². The number of aryl methyl sites for hydroxylation is 1. The summed E-state index contributed by atoms with van der Waals surface area (Å²) in [5.74, 6) is 2.62. The summed E-state index contributed by atoms with van der Waals surface area (Å²) in [4.78, 5) is 20.3. The first-order chi connectivity index (χ1) is 12.1. The van der Waals surface area contributed by atoms with E-state index >= 15 is 0 Å². The van der Waals surface area contributed by atoms with Crippen LogP contribution < -0.4 is 0 Å². The molecule has 3 aliphatic rings. The SMILES string of the molecule is CCc1nc(C2CN(C(=O)C3(C)CCCCC3)CC23CCCC3)n[nH]1. The van der Waals surface area contributed by atoms with Gasteiger partial charge in [0.2, 0.25) is 5.91 Å². The number of likely N-dealkylation sites (tertiary alicyclic amines) is 1. The maximum atomic E-state index is 13.4. The molecule has 0 bridgehead atoms. The molecule has 5 heteroatoms. The fourth-order valence-corrected chi connectivity index (χ4v) is 5.62. The number of hydrogen-bond acceptors (Lipinski definition) is 3. The van der Waals surface area contributed by atoms with E-state index in [1.165, 1.54) is 44.9 Å². The molecule has 1 aromatic heterocycles. The van der Waals surface area contributed by atoms with Gasteiger partial charge in [-0.25, -0.2) is 4.98 Å². The second-order valence-corrected chi connectivity index (χ2v) is 8.92. The third-order valence-corrected chi connectivity index (χ3v) is 7.20. The lowest BCUT2D eigenvalue weighted by molar-refractivity contribution is -0.142. The average molecular weight is 345 g/mol. The van der Waals surface area contributed by atoms with Crippen molar-refractivity contribution >= 4 is 5.91 Å². The topological polar surface area (TPSA) is 61.9 Å². The highest BCUT2D eigenvalue weighted by atomic mass is 16.2. The molecule has 1 amide bonds. The van der Waals surface area contributed by atoms with Crippen molar-refractivity contribution in [1.29, 1.82) is 0 Å². The smallest absolute Gasteiger partial charge is 0.228 e. The number of aromatic amines is 1. The molecular weight excluding hydrogens is 312 g/mol. The van der Waals surface area contributed by atoms with E-state index in [9.17, 15) is 4.79 Å². The summed E-state index contributed by atoms with van der Waals surface area (Å²) in [6, 6.07) is 0. The third kappa shape index (κ3) is 2.89. The third-order valence-electron chi connectivity index (χ3n) is 7.20. The Kier molecular flexibility index (Phi) is 4.37. The van der Waals surface area contributed by atoms with E-state index in [4.69, 9.17) is 4.98 Å². The number of nitrogens with one attached hydrogen (secondary N) is 1. The molecule has 1 aliphatic heterocycles. The van der Waals surface area contributed by atoms with Gasteiger partial charge in [0.15, 0.2) is 5.82 Å². The molecule has 1 N–H and O–H groups in total. The van der Waals surface area contributed by atoms with E-state index in [2.05, 4.69) is 28.9 Å².